The summed E-state index contributed by atoms with van der Waals surface area (Å²) >= 11 is 0. The lowest BCUT2D eigenvalue weighted by molar-refractivity contribution is 0.0780. The summed E-state index contributed by atoms with van der Waals surface area (Å²) in [5.41, 5.74) is 4.17. The van der Waals surface area contributed by atoms with Crippen LogP contribution in [0.25, 0.3) is 22.0 Å². The van der Waals surface area contributed by atoms with Gasteiger partial charge in [0.25, 0.3) is 11.5 Å². The van der Waals surface area contributed by atoms with Crippen molar-refractivity contribution < 1.29 is 4.79 Å². The molecule has 1 amide bonds. The summed E-state index contributed by atoms with van der Waals surface area (Å²) in [5, 5.41) is 1.10. The molecule has 4 heterocycles. The Morgan fingerprint density at radius 2 is 1.87 bits per heavy atom. The molecule has 0 saturated heterocycles. The van der Waals surface area contributed by atoms with E-state index < -0.39 is 0 Å². The molecule has 5 rings (SSSR count). The summed E-state index contributed by atoms with van der Waals surface area (Å²) in [7, 11) is 1.72. The van der Waals surface area contributed by atoms with Gasteiger partial charge in [-0.05, 0) is 18.2 Å². The number of amides is 1. The van der Waals surface area contributed by atoms with Crippen molar-refractivity contribution in [1.29, 1.82) is 0 Å². The van der Waals surface area contributed by atoms with Gasteiger partial charge >= 0.3 is 0 Å². The van der Waals surface area contributed by atoms with E-state index in [0.717, 1.165) is 22.2 Å². The largest absolute Gasteiger partial charge is 0.334 e. The number of carbonyl (C=O) groups is 1. The van der Waals surface area contributed by atoms with Crippen molar-refractivity contribution in [2.75, 3.05) is 6.54 Å². The molecule has 30 heavy (non-hydrogen) atoms. The zero-order valence-corrected chi connectivity index (χ0v) is 16.6. The number of rotatable bonds is 4. The number of hydrogen-bond acceptors (Lipinski definition) is 4. The van der Waals surface area contributed by atoms with E-state index in [1.165, 1.54) is 0 Å². The van der Waals surface area contributed by atoms with E-state index in [0.29, 0.717) is 36.2 Å². The number of para-hydroxylation sites is 1. The fourth-order valence-corrected chi connectivity index (χ4v) is 4.06. The average molecular weight is 396 g/mol. The lowest BCUT2D eigenvalue weighted by Crippen LogP contribution is -2.27. The lowest BCUT2D eigenvalue weighted by atomic mass is 10.0. The van der Waals surface area contributed by atoms with E-state index >= 15 is 0 Å². The Balaban J connectivity index is 1.44. The van der Waals surface area contributed by atoms with Crippen LogP contribution in [0.15, 0.2) is 71.9 Å². The summed E-state index contributed by atoms with van der Waals surface area (Å²) in [5.74, 6) is -0.109. The molecule has 0 aliphatic carbocycles. The molecule has 0 N–H and O–H groups in total. The Bertz CT molecular complexity index is 1330. The first kappa shape index (κ1) is 18.2. The Kier molecular flexibility index (Phi) is 4.39. The summed E-state index contributed by atoms with van der Waals surface area (Å²) < 4.78 is 1.54. The predicted octanol–water partition coefficient (Wildman–Crippen LogP) is 3.19. The Hall–Kier alpha value is -3.80. The molecule has 0 atom stereocenters. The van der Waals surface area contributed by atoms with Gasteiger partial charge < -0.3 is 9.47 Å². The van der Waals surface area contributed by atoms with Crippen LogP contribution in [-0.4, -0.2) is 31.9 Å². The summed E-state index contributed by atoms with van der Waals surface area (Å²) in [6, 6.07) is 15.7. The van der Waals surface area contributed by atoms with Crippen LogP contribution in [0.5, 0.6) is 0 Å². The lowest BCUT2D eigenvalue weighted by Gasteiger charge is -2.15. The van der Waals surface area contributed by atoms with Crippen LogP contribution in [-0.2, 0) is 20.0 Å². The van der Waals surface area contributed by atoms with E-state index in [1.54, 1.807) is 41.2 Å². The monoisotopic (exact) mass is 396 g/mol. The topological polar surface area (TPSA) is 68.1 Å². The number of benzene rings is 1. The molecule has 0 radical (unpaired) electrons. The predicted molar refractivity (Wildman–Crippen MR) is 115 cm³/mol. The van der Waals surface area contributed by atoms with Crippen LogP contribution in [0.1, 0.15) is 21.6 Å². The van der Waals surface area contributed by atoms with Gasteiger partial charge in [0.05, 0.1) is 16.6 Å². The minimum Gasteiger partial charge on any atom is -0.334 e. The van der Waals surface area contributed by atoms with Crippen molar-refractivity contribution in [2.45, 2.75) is 13.0 Å². The maximum absolute atomic E-state index is 13.2. The van der Waals surface area contributed by atoms with Crippen molar-refractivity contribution in [3.8, 4) is 11.1 Å². The van der Waals surface area contributed by atoms with Gasteiger partial charge in [-0.1, -0.05) is 30.3 Å². The highest BCUT2D eigenvalue weighted by Crippen LogP contribution is 2.30. The smallest absolute Gasteiger partial charge is 0.259 e. The molecular weight excluding hydrogens is 376 g/mol. The zero-order valence-electron chi connectivity index (χ0n) is 16.6. The second kappa shape index (κ2) is 7.22. The number of aromatic nitrogens is 3. The SMILES string of the molecule is Cn1cc2c(c(-c3cccnc3)c1=O)C(=O)N(CCc1ccc3ccccc3n1)C2. The molecule has 3 aromatic heterocycles. The molecular formula is C24H20N4O2. The highest BCUT2D eigenvalue weighted by atomic mass is 16.2. The van der Waals surface area contributed by atoms with Crippen molar-refractivity contribution >= 4 is 16.8 Å². The second-order valence-electron chi connectivity index (χ2n) is 7.53. The number of aryl methyl sites for hydroxylation is 1. The average Bonchev–Trinajstić information content (AvgIpc) is 3.08. The van der Waals surface area contributed by atoms with Crippen LogP contribution < -0.4 is 5.56 Å². The van der Waals surface area contributed by atoms with Crippen molar-refractivity contribution in [3.63, 3.8) is 0 Å². The Morgan fingerprint density at radius 1 is 1.00 bits per heavy atom. The third-order valence-corrected chi connectivity index (χ3v) is 5.56. The first-order valence-electron chi connectivity index (χ1n) is 9.88. The Morgan fingerprint density at radius 3 is 2.70 bits per heavy atom. The van der Waals surface area contributed by atoms with Gasteiger partial charge in [0.2, 0.25) is 0 Å². The van der Waals surface area contributed by atoms with Crippen molar-refractivity contribution in [1.82, 2.24) is 19.4 Å². The minimum atomic E-state index is -0.187. The molecule has 1 aliphatic rings. The number of hydrogen-bond donors (Lipinski definition) is 0. The summed E-state index contributed by atoms with van der Waals surface area (Å²) in [4.78, 5) is 36.7. The summed E-state index contributed by atoms with van der Waals surface area (Å²) in [6.07, 6.45) is 5.71. The molecule has 6 nitrogen and oxygen atoms in total. The quantitative estimate of drug-likeness (QED) is 0.531. The first-order valence-corrected chi connectivity index (χ1v) is 9.88. The van der Waals surface area contributed by atoms with Gasteiger partial charge in [-0.2, -0.15) is 0 Å². The maximum Gasteiger partial charge on any atom is 0.259 e. The number of nitrogens with zero attached hydrogens (tertiary/aromatic N) is 4. The van der Waals surface area contributed by atoms with Gasteiger partial charge in [0.1, 0.15) is 0 Å². The highest BCUT2D eigenvalue weighted by molar-refractivity contribution is 6.04. The Labute approximate surface area is 173 Å². The molecule has 148 valence electrons. The van der Waals surface area contributed by atoms with Gasteiger partial charge in [0, 0.05) is 67.4 Å². The highest BCUT2D eigenvalue weighted by Gasteiger charge is 2.32. The van der Waals surface area contributed by atoms with E-state index in [9.17, 15) is 9.59 Å². The van der Waals surface area contributed by atoms with Gasteiger partial charge in [-0.3, -0.25) is 19.6 Å². The van der Waals surface area contributed by atoms with Gasteiger partial charge in [0.15, 0.2) is 0 Å². The first-order chi connectivity index (χ1) is 14.6. The van der Waals surface area contributed by atoms with Crippen LogP contribution in [0, 0.1) is 0 Å². The summed E-state index contributed by atoms with van der Waals surface area (Å²) in [6.45, 7) is 1.03. The molecule has 0 unspecified atom stereocenters. The van der Waals surface area contributed by atoms with Gasteiger partial charge in [-0.25, -0.2) is 0 Å². The fraction of sp³-hybridized carbons (Fsp3) is 0.167. The molecule has 0 bridgehead atoms. The van der Waals surface area contributed by atoms with Crippen LogP contribution in [0.2, 0.25) is 0 Å². The molecule has 1 aromatic carbocycles. The molecule has 0 spiro atoms. The number of fused-ring (bicyclic) bond motifs is 2. The normalized spacial score (nSPS) is 13.1. The third-order valence-electron chi connectivity index (χ3n) is 5.56. The number of pyridine rings is 3. The van der Waals surface area contributed by atoms with Crippen molar-refractivity contribution in [3.05, 3.63) is 94.3 Å². The maximum atomic E-state index is 13.2. The van der Waals surface area contributed by atoms with Crippen LogP contribution >= 0.6 is 0 Å². The van der Waals surface area contributed by atoms with Crippen LogP contribution in [0.3, 0.4) is 0 Å². The van der Waals surface area contributed by atoms with E-state index in [4.69, 9.17) is 4.98 Å². The molecule has 4 aromatic rings. The fourth-order valence-electron chi connectivity index (χ4n) is 4.06. The molecule has 0 saturated carbocycles. The third kappa shape index (κ3) is 3.06. The number of carbonyl (C=O) groups excluding carboxylic acids is 1. The van der Waals surface area contributed by atoms with E-state index in [2.05, 4.69) is 11.1 Å². The minimum absolute atomic E-state index is 0.109. The van der Waals surface area contributed by atoms with E-state index in [1.807, 2.05) is 36.4 Å². The standard InChI is InChI=1S/C24H20N4O2/c1-27-14-18-15-28(12-10-19-9-8-16-5-2-3-7-20(16)26-19)24(30)22(18)21(23(27)29)17-6-4-11-25-13-17/h2-9,11,13-14H,10,12,15H2,1H3. The second-order valence-corrected chi connectivity index (χ2v) is 7.53. The zero-order chi connectivity index (χ0) is 20.7. The molecule has 6 heteroatoms. The van der Waals surface area contributed by atoms with E-state index in [-0.39, 0.29) is 11.5 Å². The van der Waals surface area contributed by atoms with Crippen molar-refractivity contribution in [2.24, 2.45) is 7.05 Å². The van der Waals surface area contributed by atoms with Crippen LogP contribution in [0.4, 0.5) is 0 Å². The molecule has 0 fully saturated rings. The molecule has 1 aliphatic heterocycles. The van der Waals surface area contributed by atoms with Gasteiger partial charge in [-0.15, -0.1) is 0 Å².